The van der Waals surface area contributed by atoms with Crippen molar-refractivity contribution in [1.82, 2.24) is 5.32 Å². The fraction of sp³-hybridized carbons (Fsp3) is 0.118. The van der Waals surface area contributed by atoms with Crippen LogP contribution in [0, 0.1) is 10.1 Å². The van der Waals surface area contributed by atoms with Gasteiger partial charge in [-0.25, -0.2) is 0 Å². The number of carbonyl (C=O) groups excluding carboxylic acids is 1. The highest BCUT2D eigenvalue weighted by Gasteiger charge is 2.04. The van der Waals surface area contributed by atoms with Crippen LogP contribution in [0.5, 0.6) is 0 Å². The molecule has 0 aromatic heterocycles. The number of carbonyl (C=O) groups is 1. The minimum absolute atomic E-state index is 0.00436. The highest BCUT2D eigenvalue weighted by Crippen LogP contribution is 2.14. The van der Waals surface area contributed by atoms with Gasteiger partial charge in [-0.3, -0.25) is 14.9 Å². The van der Waals surface area contributed by atoms with E-state index in [2.05, 4.69) is 5.32 Å². The van der Waals surface area contributed by atoms with Crippen LogP contribution in [0.3, 0.4) is 0 Å². The Balaban J connectivity index is 1.83. The van der Waals surface area contributed by atoms with Crippen molar-refractivity contribution in [2.24, 2.45) is 0 Å². The maximum atomic E-state index is 11.7. The normalized spacial score (nSPS) is 10.7. The first-order valence-corrected chi connectivity index (χ1v) is 7.37. The Hall–Kier alpha value is -2.66. The van der Waals surface area contributed by atoms with Crippen molar-refractivity contribution in [3.05, 3.63) is 80.9 Å². The van der Waals surface area contributed by atoms with E-state index in [9.17, 15) is 14.9 Å². The summed E-state index contributed by atoms with van der Waals surface area (Å²) in [7, 11) is 0. The third kappa shape index (κ3) is 5.56. The summed E-state index contributed by atoms with van der Waals surface area (Å²) in [6, 6.07) is 13.5. The van der Waals surface area contributed by atoms with E-state index in [0.717, 1.165) is 5.56 Å². The fourth-order valence-electron chi connectivity index (χ4n) is 1.95. The van der Waals surface area contributed by atoms with Gasteiger partial charge in [0.1, 0.15) is 0 Å². The number of halogens is 1. The molecule has 0 saturated heterocycles. The van der Waals surface area contributed by atoms with Gasteiger partial charge in [-0.2, -0.15) is 0 Å². The zero-order chi connectivity index (χ0) is 16.7. The van der Waals surface area contributed by atoms with Gasteiger partial charge in [0.2, 0.25) is 5.91 Å². The quantitative estimate of drug-likeness (QED) is 0.499. The van der Waals surface area contributed by atoms with Crippen molar-refractivity contribution in [3.63, 3.8) is 0 Å². The highest BCUT2D eigenvalue weighted by molar-refractivity contribution is 6.30. The summed E-state index contributed by atoms with van der Waals surface area (Å²) in [6.45, 7) is 0.500. The molecule has 0 fully saturated rings. The first-order chi connectivity index (χ1) is 11.0. The van der Waals surface area contributed by atoms with Crippen LogP contribution in [0.4, 0.5) is 5.69 Å². The topological polar surface area (TPSA) is 72.2 Å². The summed E-state index contributed by atoms with van der Waals surface area (Å²) in [5.74, 6) is -0.245. The Kier molecular flexibility index (Phi) is 5.88. The number of nitrogens with one attached hydrogen (secondary N) is 1. The Morgan fingerprint density at radius 1 is 1.22 bits per heavy atom. The van der Waals surface area contributed by atoms with E-state index in [4.69, 9.17) is 11.6 Å². The smallest absolute Gasteiger partial charge is 0.270 e. The van der Waals surface area contributed by atoms with E-state index in [1.165, 1.54) is 18.2 Å². The van der Waals surface area contributed by atoms with Crippen LogP contribution in [-0.4, -0.2) is 17.4 Å². The summed E-state index contributed by atoms with van der Waals surface area (Å²) in [5, 5.41) is 14.1. The van der Waals surface area contributed by atoms with Crippen molar-refractivity contribution >= 4 is 29.3 Å². The predicted octanol–water partition coefficient (Wildman–Crippen LogP) is 3.62. The molecule has 1 N–H and O–H groups in total. The van der Waals surface area contributed by atoms with Crippen molar-refractivity contribution in [2.75, 3.05) is 6.54 Å². The van der Waals surface area contributed by atoms with Crippen LogP contribution in [0.2, 0.25) is 5.02 Å². The molecule has 23 heavy (non-hydrogen) atoms. The second-order valence-electron chi connectivity index (χ2n) is 4.85. The molecule has 0 aliphatic heterocycles. The highest BCUT2D eigenvalue weighted by atomic mass is 35.5. The molecule has 0 unspecified atom stereocenters. The second kappa shape index (κ2) is 8.10. The standard InChI is InChI=1S/C17H15ClN2O3/c18-15-7-4-13(5-8-15)10-11-19-17(21)9-6-14-2-1-3-16(12-14)20(22)23/h1-9,12H,10-11H2,(H,19,21)/b9-6+. The van der Waals surface area contributed by atoms with Crippen LogP contribution in [0.1, 0.15) is 11.1 Å². The first-order valence-electron chi connectivity index (χ1n) is 6.99. The number of nitrogens with zero attached hydrogens (tertiary/aromatic N) is 1. The van der Waals surface area contributed by atoms with Crippen molar-refractivity contribution in [3.8, 4) is 0 Å². The number of non-ortho nitro benzene ring substituents is 1. The van der Waals surface area contributed by atoms with Crippen LogP contribution in [0.15, 0.2) is 54.6 Å². The van der Waals surface area contributed by atoms with Crippen molar-refractivity contribution < 1.29 is 9.72 Å². The minimum Gasteiger partial charge on any atom is -0.352 e. The van der Waals surface area contributed by atoms with Crippen LogP contribution >= 0.6 is 11.6 Å². The Morgan fingerprint density at radius 2 is 1.96 bits per heavy atom. The van der Waals surface area contributed by atoms with Crippen molar-refractivity contribution in [1.29, 1.82) is 0 Å². The van der Waals surface area contributed by atoms with Crippen LogP contribution < -0.4 is 5.32 Å². The van der Waals surface area contributed by atoms with E-state index in [0.29, 0.717) is 23.6 Å². The van der Waals surface area contributed by atoms with Gasteiger partial charge in [-0.15, -0.1) is 0 Å². The van der Waals surface area contributed by atoms with E-state index < -0.39 is 4.92 Å². The molecule has 2 rings (SSSR count). The molecule has 0 radical (unpaired) electrons. The lowest BCUT2D eigenvalue weighted by Gasteiger charge is -2.03. The van der Waals surface area contributed by atoms with Gasteiger partial charge < -0.3 is 5.32 Å². The minimum atomic E-state index is -0.469. The number of nitro benzene ring substituents is 1. The third-order valence-electron chi connectivity index (χ3n) is 3.13. The number of hydrogen-bond donors (Lipinski definition) is 1. The molecule has 0 saturated carbocycles. The molecule has 2 aromatic carbocycles. The fourth-order valence-corrected chi connectivity index (χ4v) is 2.08. The van der Waals surface area contributed by atoms with Gasteiger partial charge >= 0.3 is 0 Å². The summed E-state index contributed by atoms with van der Waals surface area (Å²) in [6.07, 6.45) is 3.61. The summed E-state index contributed by atoms with van der Waals surface area (Å²) >= 11 is 5.81. The summed E-state index contributed by atoms with van der Waals surface area (Å²) in [5.41, 5.74) is 1.68. The Morgan fingerprint density at radius 3 is 2.65 bits per heavy atom. The lowest BCUT2D eigenvalue weighted by molar-refractivity contribution is -0.384. The van der Waals surface area contributed by atoms with Crippen LogP contribution in [-0.2, 0) is 11.2 Å². The molecule has 118 valence electrons. The molecule has 6 heteroatoms. The second-order valence-corrected chi connectivity index (χ2v) is 5.29. The van der Waals surface area contributed by atoms with Gasteiger partial charge in [0.25, 0.3) is 5.69 Å². The molecule has 0 heterocycles. The molecule has 2 aromatic rings. The molecular formula is C17H15ClN2O3. The zero-order valence-electron chi connectivity index (χ0n) is 12.2. The van der Waals surface area contributed by atoms with Gasteiger partial charge in [-0.05, 0) is 35.8 Å². The number of rotatable bonds is 6. The molecule has 1 amide bonds. The van der Waals surface area contributed by atoms with Crippen molar-refractivity contribution in [2.45, 2.75) is 6.42 Å². The number of amides is 1. The lowest BCUT2D eigenvalue weighted by atomic mass is 10.1. The number of benzene rings is 2. The van der Waals surface area contributed by atoms with E-state index in [1.54, 1.807) is 30.3 Å². The molecule has 0 aliphatic rings. The lowest BCUT2D eigenvalue weighted by Crippen LogP contribution is -2.23. The predicted molar refractivity (Wildman–Crippen MR) is 90.3 cm³/mol. The van der Waals surface area contributed by atoms with E-state index in [-0.39, 0.29) is 11.6 Å². The molecule has 0 aliphatic carbocycles. The summed E-state index contributed by atoms with van der Waals surface area (Å²) in [4.78, 5) is 21.9. The molecule has 0 atom stereocenters. The molecular weight excluding hydrogens is 316 g/mol. The maximum Gasteiger partial charge on any atom is 0.270 e. The van der Waals surface area contributed by atoms with Crippen LogP contribution in [0.25, 0.3) is 6.08 Å². The molecule has 0 bridgehead atoms. The average Bonchev–Trinajstić information content (AvgIpc) is 2.55. The largest absolute Gasteiger partial charge is 0.352 e. The Labute approximate surface area is 138 Å². The van der Waals surface area contributed by atoms with Gasteiger partial charge in [-0.1, -0.05) is 35.9 Å². The van der Waals surface area contributed by atoms with E-state index >= 15 is 0 Å². The molecule has 5 nitrogen and oxygen atoms in total. The van der Waals surface area contributed by atoms with E-state index in [1.807, 2.05) is 12.1 Å². The van der Waals surface area contributed by atoms with Gasteiger partial charge in [0, 0.05) is 29.8 Å². The SMILES string of the molecule is O=C(/C=C/c1cccc([N+](=O)[O-])c1)NCCc1ccc(Cl)cc1. The van der Waals surface area contributed by atoms with Gasteiger partial charge in [0.05, 0.1) is 4.92 Å². The Bertz CT molecular complexity index is 727. The first kappa shape index (κ1) is 16.7. The monoisotopic (exact) mass is 330 g/mol. The molecule has 0 spiro atoms. The third-order valence-corrected chi connectivity index (χ3v) is 3.39. The summed E-state index contributed by atoms with van der Waals surface area (Å²) < 4.78 is 0. The number of hydrogen-bond acceptors (Lipinski definition) is 3. The number of nitro groups is 1. The zero-order valence-corrected chi connectivity index (χ0v) is 13.0. The van der Waals surface area contributed by atoms with Gasteiger partial charge in [0.15, 0.2) is 0 Å². The average molecular weight is 331 g/mol. The maximum absolute atomic E-state index is 11.7.